The third-order valence-corrected chi connectivity index (χ3v) is 3.03. The maximum atomic E-state index is 11.1. The summed E-state index contributed by atoms with van der Waals surface area (Å²) in [7, 11) is 1.99. The SMILES string of the molecule is CCc1cn(C)c2cc(C)c(C(=O)O)cc12. The number of hydrogen-bond donors (Lipinski definition) is 1. The van der Waals surface area contributed by atoms with Crippen LogP contribution in [-0.4, -0.2) is 15.6 Å². The van der Waals surface area contributed by atoms with E-state index in [0.717, 1.165) is 22.9 Å². The predicted molar refractivity (Wildman–Crippen MR) is 64.0 cm³/mol. The summed E-state index contributed by atoms with van der Waals surface area (Å²) in [6, 6.07) is 3.73. The molecule has 1 N–H and O–H groups in total. The summed E-state index contributed by atoms with van der Waals surface area (Å²) in [5.41, 5.74) is 3.50. The molecule has 0 spiro atoms. The van der Waals surface area contributed by atoms with E-state index in [-0.39, 0.29) is 0 Å². The summed E-state index contributed by atoms with van der Waals surface area (Å²) in [6.45, 7) is 3.91. The van der Waals surface area contributed by atoms with Crippen molar-refractivity contribution in [2.45, 2.75) is 20.3 Å². The summed E-state index contributed by atoms with van der Waals surface area (Å²) in [5.74, 6) is -0.856. The molecule has 0 atom stereocenters. The summed E-state index contributed by atoms with van der Waals surface area (Å²) in [6.07, 6.45) is 2.98. The molecule has 0 fully saturated rings. The second kappa shape index (κ2) is 3.67. The van der Waals surface area contributed by atoms with Crippen LogP contribution in [0, 0.1) is 6.92 Å². The Hall–Kier alpha value is -1.77. The molecule has 0 saturated carbocycles. The summed E-state index contributed by atoms with van der Waals surface area (Å²) >= 11 is 0. The van der Waals surface area contributed by atoms with E-state index < -0.39 is 5.97 Å². The van der Waals surface area contributed by atoms with Gasteiger partial charge in [-0.1, -0.05) is 6.92 Å². The minimum atomic E-state index is -0.856. The smallest absolute Gasteiger partial charge is 0.335 e. The number of benzene rings is 1. The van der Waals surface area contributed by atoms with E-state index >= 15 is 0 Å². The molecule has 3 nitrogen and oxygen atoms in total. The Morgan fingerprint density at radius 1 is 1.44 bits per heavy atom. The van der Waals surface area contributed by atoms with E-state index in [1.54, 1.807) is 6.07 Å². The summed E-state index contributed by atoms with van der Waals surface area (Å²) in [5, 5.41) is 10.1. The average molecular weight is 217 g/mol. The van der Waals surface area contributed by atoms with Crippen LogP contribution < -0.4 is 0 Å². The molecule has 0 bridgehead atoms. The van der Waals surface area contributed by atoms with E-state index in [0.29, 0.717) is 5.56 Å². The van der Waals surface area contributed by atoms with Gasteiger partial charge >= 0.3 is 5.97 Å². The third-order valence-electron chi connectivity index (χ3n) is 3.03. The van der Waals surface area contributed by atoms with Crippen LogP contribution in [0.3, 0.4) is 0 Å². The lowest BCUT2D eigenvalue weighted by Crippen LogP contribution is -1.99. The second-order valence-corrected chi connectivity index (χ2v) is 4.11. The summed E-state index contributed by atoms with van der Waals surface area (Å²) in [4.78, 5) is 11.1. The summed E-state index contributed by atoms with van der Waals surface area (Å²) < 4.78 is 2.05. The quantitative estimate of drug-likeness (QED) is 0.840. The number of carbonyl (C=O) groups is 1. The molecule has 1 heterocycles. The van der Waals surface area contributed by atoms with Gasteiger partial charge in [0.25, 0.3) is 0 Å². The molecule has 1 aromatic heterocycles. The molecule has 16 heavy (non-hydrogen) atoms. The van der Waals surface area contributed by atoms with Crippen LogP contribution in [0.25, 0.3) is 10.9 Å². The largest absolute Gasteiger partial charge is 0.478 e. The van der Waals surface area contributed by atoms with Gasteiger partial charge in [0.2, 0.25) is 0 Å². The number of rotatable bonds is 2. The molecule has 0 amide bonds. The van der Waals surface area contributed by atoms with E-state index in [1.165, 1.54) is 5.56 Å². The third kappa shape index (κ3) is 1.48. The lowest BCUT2D eigenvalue weighted by atomic mass is 10.0. The van der Waals surface area contributed by atoms with Gasteiger partial charge in [0.15, 0.2) is 0 Å². The van der Waals surface area contributed by atoms with Crippen LogP contribution in [0.15, 0.2) is 18.3 Å². The average Bonchev–Trinajstić information content (AvgIpc) is 2.54. The highest BCUT2D eigenvalue weighted by molar-refractivity contribution is 5.96. The van der Waals surface area contributed by atoms with Crippen LogP contribution in [0.4, 0.5) is 0 Å². The molecule has 0 unspecified atom stereocenters. The van der Waals surface area contributed by atoms with Crippen molar-refractivity contribution in [3.8, 4) is 0 Å². The fourth-order valence-electron chi connectivity index (χ4n) is 2.13. The zero-order valence-corrected chi connectivity index (χ0v) is 9.74. The normalized spacial score (nSPS) is 10.9. The van der Waals surface area contributed by atoms with E-state index in [9.17, 15) is 4.79 Å². The molecular weight excluding hydrogens is 202 g/mol. The molecule has 3 heteroatoms. The maximum Gasteiger partial charge on any atom is 0.335 e. The lowest BCUT2D eigenvalue weighted by molar-refractivity contribution is 0.0696. The molecule has 0 radical (unpaired) electrons. The first-order chi connectivity index (χ1) is 7.54. The van der Waals surface area contributed by atoms with Gasteiger partial charge in [0, 0.05) is 24.1 Å². The van der Waals surface area contributed by atoms with Gasteiger partial charge in [0.1, 0.15) is 0 Å². The fourth-order valence-corrected chi connectivity index (χ4v) is 2.13. The zero-order valence-electron chi connectivity index (χ0n) is 9.74. The molecule has 0 aliphatic carbocycles. The molecule has 1 aromatic carbocycles. The van der Waals surface area contributed by atoms with Crippen LogP contribution in [0.2, 0.25) is 0 Å². The molecule has 0 aliphatic heterocycles. The highest BCUT2D eigenvalue weighted by Crippen LogP contribution is 2.25. The Morgan fingerprint density at radius 2 is 2.12 bits per heavy atom. The van der Waals surface area contributed by atoms with Crippen molar-refractivity contribution < 1.29 is 9.90 Å². The van der Waals surface area contributed by atoms with Crippen molar-refractivity contribution in [3.05, 3.63) is 35.0 Å². The monoisotopic (exact) mass is 217 g/mol. The number of nitrogens with zero attached hydrogens (tertiary/aromatic N) is 1. The maximum absolute atomic E-state index is 11.1. The van der Waals surface area contributed by atoms with Gasteiger partial charge < -0.3 is 9.67 Å². The number of hydrogen-bond acceptors (Lipinski definition) is 1. The minimum absolute atomic E-state index is 0.397. The first-order valence-corrected chi connectivity index (χ1v) is 5.36. The van der Waals surface area contributed by atoms with Crippen LogP contribution in [0.5, 0.6) is 0 Å². The number of aromatic nitrogens is 1. The van der Waals surface area contributed by atoms with Crippen molar-refractivity contribution >= 4 is 16.9 Å². The molecule has 0 aliphatic rings. The number of carboxylic acid groups (broad SMARTS) is 1. The van der Waals surface area contributed by atoms with E-state index in [4.69, 9.17) is 5.11 Å². The van der Waals surface area contributed by atoms with Crippen molar-refractivity contribution in [1.29, 1.82) is 0 Å². The Morgan fingerprint density at radius 3 is 2.69 bits per heavy atom. The standard InChI is InChI=1S/C13H15NO2/c1-4-9-7-14(3)12-5-8(2)10(13(15)16)6-11(9)12/h5-7H,4H2,1-3H3,(H,15,16). The Labute approximate surface area is 94.3 Å². The van der Waals surface area contributed by atoms with Crippen LogP contribution in [-0.2, 0) is 13.5 Å². The molecule has 0 saturated heterocycles. The fraction of sp³-hybridized carbons (Fsp3) is 0.308. The van der Waals surface area contributed by atoms with E-state index in [2.05, 4.69) is 13.1 Å². The first kappa shape index (κ1) is 10.7. The topological polar surface area (TPSA) is 42.2 Å². The highest BCUT2D eigenvalue weighted by Gasteiger charge is 2.12. The van der Waals surface area contributed by atoms with Crippen molar-refractivity contribution in [1.82, 2.24) is 4.57 Å². The number of aryl methyl sites for hydroxylation is 3. The molecule has 84 valence electrons. The van der Waals surface area contributed by atoms with E-state index in [1.807, 2.05) is 24.6 Å². The lowest BCUT2D eigenvalue weighted by Gasteiger charge is -2.03. The predicted octanol–water partition coefficient (Wildman–Crippen LogP) is 2.75. The Balaban J connectivity index is 2.81. The zero-order chi connectivity index (χ0) is 11.9. The van der Waals surface area contributed by atoms with Crippen molar-refractivity contribution in [2.75, 3.05) is 0 Å². The van der Waals surface area contributed by atoms with Gasteiger partial charge in [-0.2, -0.15) is 0 Å². The molecule has 2 rings (SSSR count). The van der Waals surface area contributed by atoms with Gasteiger partial charge in [-0.15, -0.1) is 0 Å². The van der Waals surface area contributed by atoms with Gasteiger partial charge in [-0.3, -0.25) is 0 Å². The second-order valence-electron chi connectivity index (χ2n) is 4.11. The number of aromatic carboxylic acids is 1. The Bertz CT molecular complexity index is 567. The van der Waals surface area contributed by atoms with Crippen molar-refractivity contribution in [3.63, 3.8) is 0 Å². The van der Waals surface area contributed by atoms with Gasteiger partial charge in [-0.25, -0.2) is 4.79 Å². The Kier molecular flexibility index (Phi) is 2.46. The minimum Gasteiger partial charge on any atom is -0.478 e. The first-order valence-electron chi connectivity index (χ1n) is 5.36. The van der Waals surface area contributed by atoms with Crippen molar-refractivity contribution in [2.24, 2.45) is 7.05 Å². The molecular formula is C13H15NO2. The highest BCUT2D eigenvalue weighted by atomic mass is 16.4. The molecule has 2 aromatic rings. The van der Waals surface area contributed by atoms with Crippen LogP contribution in [0.1, 0.15) is 28.4 Å². The number of fused-ring (bicyclic) bond motifs is 1. The van der Waals surface area contributed by atoms with Crippen LogP contribution >= 0.6 is 0 Å². The van der Waals surface area contributed by atoms with Gasteiger partial charge in [-0.05, 0) is 36.6 Å². The number of carboxylic acids is 1. The van der Waals surface area contributed by atoms with Gasteiger partial charge in [0.05, 0.1) is 5.56 Å².